The van der Waals surface area contributed by atoms with E-state index in [1.807, 2.05) is 13.8 Å². The Morgan fingerprint density at radius 3 is 2.21 bits per heavy atom. The van der Waals surface area contributed by atoms with E-state index in [9.17, 15) is 13.6 Å². The van der Waals surface area contributed by atoms with E-state index in [-0.39, 0.29) is 17.6 Å². The van der Waals surface area contributed by atoms with Crippen LogP contribution in [-0.2, 0) is 9.53 Å². The third kappa shape index (κ3) is 4.50. The molecular formula is C14H18F2O3. The fourth-order valence-electron chi connectivity index (χ4n) is 1.88. The van der Waals surface area contributed by atoms with Crippen molar-refractivity contribution in [3.8, 4) is 5.75 Å². The van der Waals surface area contributed by atoms with Crippen LogP contribution < -0.4 is 4.74 Å². The molecule has 1 aromatic carbocycles. The molecular weight excluding hydrogens is 254 g/mol. The van der Waals surface area contributed by atoms with Gasteiger partial charge in [-0.05, 0) is 30.5 Å². The minimum Gasteiger partial charge on any atom is -0.466 e. The van der Waals surface area contributed by atoms with Crippen LogP contribution in [0.2, 0.25) is 0 Å². The lowest BCUT2D eigenvalue weighted by Crippen LogP contribution is -2.20. The zero-order chi connectivity index (χ0) is 14.4. The molecule has 0 aliphatic rings. The first-order valence-electron chi connectivity index (χ1n) is 6.17. The van der Waals surface area contributed by atoms with Crippen molar-refractivity contribution in [1.82, 2.24) is 0 Å². The first-order chi connectivity index (χ1) is 8.95. The number of rotatable bonds is 6. The third-order valence-corrected chi connectivity index (χ3v) is 2.67. The average molecular weight is 272 g/mol. The van der Waals surface area contributed by atoms with Gasteiger partial charge in [-0.1, -0.05) is 26.0 Å². The molecule has 1 rings (SSSR count). The number of hydrogen-bond donors (Lipinski definition) is 0. The smallest absolute Gasteiger partial charge is 0.387 e. The van der Waals surface area contributed by atoms with Gasteiger partial charge in [-0.2, -0.15) is 8.78 Å². The summed E-state index contributed by atoms with van der Waals surface area (Å²) in [6.07, 6.45) is 0. The Labute approximate surface area is 111 Å². The minimum atomic E-state index is -2.85. The quantitative estimate of drug-likeness (QED) is 0.742. The Bertz CT molecular complexity index is 402. The predicted molar refractivity (Wildman–Crippen MR) is 67.3 cm³/mol. The number of carbonyl (C=O) groups excluding carboxylic acids is 1. The van der Waals surface area contributed by atoms with E-state index in [0.29, 0.717) is 6.61 Å². The molecule has 0 saturated heterocycles. The summed E-state index contributed by atoms with van der Waals surface area (Å²) in [6, 6.07) is 6.07. The maximum atomic E-state index is 12.0. The summed E-state index contributed by atoms with van der Waals surface area (Å²) in [5, 5.41) is 0. The van der Waals surface area contributed by atoms with Crippen LogP contribution in [0.4, 0.5) is 8.78 Å². The van der Waals surface area contributed by atoms with Crippen molar-refractivity contribution in [2.24, 2.45) is 5.92 Å². The summed E-state index contributed by atoms with van der Waals surface area (Å²) in [6.45, 7) is 3.02. The van der Waals surface area contributed by atoms with Gasteiger partial charge in [0.1, 0.15) is 5.75 Å². The molecule has 0 aliphatic heterocycles. The average Bonchev–Trinajstić information content (AvgIpc) is 2.31. The SMILES string of the molecule is CCOC(=O)C(c1ccc(OC(F)F)cc1)C(C)C. The normalized spacial score (nSPS) is 12.6. The van der Waals surface area contributed by atoms with Crippen molar-refractivity contribution in [2.45, 2.75) is 33.3 Å². The Balaban J connectivity index is 2.88. The van der Waals surface area contributed by atoms with Gasteiger partial charge in [-0.3, -0.25) is 4.79 Å². The van der Waals surface area contributed by atoms with Gasteiger partial charge in [0.15, 0.2) is 0 Å². The molecule has 0 saturated carbocycles. The lowest BCUT2D eigenvalue weighted by atomic mass is 9.88. The van der Waals surface area contributed by atoms with E-state index in [1.165, 1.54) is 12.1 Å². The van der Waals surface area contributed by atoms with Crippen LogP contribution in [0.3, 0.4) is 0 Å². The van der Waals surface area contributed by atoms with Gasteiger partial charge in [0.2, 0.25) is 0 Å². The zero-order valence-corrected chi connectivity index (χ0v) is 11.2. The molecule has 0 heterocycles. The zero-order valence-electron chi connectivity index (χ0n) is 11.2. The van der Waals surface area contributed by atoms with Gasteiger partial charge in [0, 0.05) is 0 Å². The van der Waals surface area contributed by atoms with Gasteiger partial charge < -0.3 is 9.47 Å². The molecule has 1 atom stereocenters. The number of benzene rings is 1. The second kappa shape index (κ2) is 7.07. The van der Waals surface area contributed by atoms with E-state index in [0.717, 1.165) is 5.56 Å². The van der Waals surface area contributed by atoms with Gasteiger partial charge >= 0.3 is 12.6 Å². The maximum Gasteiger partial charge on any atom is 0.387 e. The Morgan fingerprint density at radius 1 is 1.21 bits per heavy atom. The van der Waals surface area contributed by atoms with Crippen LogP contribution in [0.5, 0.6) is 5.75 Å². The van der Waals surface area contributed by atoms with Crippen molar-refractivity contribution >= 4 is 5.97 Å². The van der Waals surface area contributed by atoms with Crippen LogP contribution in [0, 0.1) is 5.92 Å². The molecule has 106 valence electrons. The van der Waals surface area contributed by atoms with Crippen LogP contribution in [0.25, 0.3) is 0 Å². The molecule has 0 aliphatic carbocycles. The maximum absolute atomic E-state index is 12.0. The molecule has 0 fully saturated rings. The summed E-state index contributed by atoms with van der Waals surface area (Å²) in [5.74, 6) is -0.577. The van der Waals surface area contributed by atoms with Crippen molar-refractivity contribution in [2.75, 3.05) is 6.61 Å². The first-order valence-corrected chi connectivity index (χ1v) is 6.17. The van der Waals surface area contributed by atoms with E-state index < -0.39 is 12.5 Å². The highest BCUT2D eigenvalue weighted by molar-refractivity contribution is 5.78. The van der Waals surface area contributed by atoms with E-state index in [1.54, 1.807) is 19.1 Å². The number of hydrogen-bond acceptors (Lipinski definition) is 3. The number of halogens is 2. The number of carbonyl (C=O) groups is 1. The molecule has 0 bridgehead atoms. The fourth-order valence-corrected chi connectivity index (χ4v) is 1.88. The summed E-state index contributed by atoms with van der Waals surface area (Å²) in [4.78, 5) is 11.9. The van der Waals surface area contributed by atoms with E-state index >= 15 is 0 Å². The van der Waals surface area contributed by atoms with Crippen LogP contribution >= 0.6 is 0 Å². The van der Waals surface area contributed by atoms with Crippen LogP contribution in [0.1, 0.15) is 32.3 Å². The van der Waals surface area contributed by atoms with Crippen LogP contribution in [0.15, 0.2) is 24.3 Å². The Hall–Kier alpha value is -1.65. The van der Waals surface area contributed by atoms with Gasteiger partial charge in [0.25, 0.3) is 0 Å². The lowest BCUT2D eigenvalue weighted by Gasteiger charge is -2.19. The lowest BCUT2D eigenvalue weighted by molar-refractivity contribution is -0.146. The topological polar surface area (TPSA) is 35.5 Å². The predicted octanol–water partition coefficient (Wildman–Crippen LogP) is 3.59. The molecule has 0 spiro atoms. The molecule has 0 radical (unpaired) electrons. The first kappa shape index (κ1) is 15.4. The summed E-state index contributed by atoms with van der Waals surface area (Å²) < 4.78 is 33.4. The standard InChI is InChI=1S/C14H18F2O3/c1-4-18-13(17)12(9(2)3)10-5-7-11(8-6-10)19-14(15)16/h5-9,12,14H,4H2,1-3H3. The molecule has 1 aromatic rings. The highest BCUT2D eigenvalue weighted by Gasteiger charge is 2.25. The molecule has 5 heteroatoms. The summed E-state index contributed by atoms with van der Waals surface area (Å²) in [7, 11) is 0. The highest BCUT2D eigenvalue weighted by atomic mass is 19.3. The Morgan fingerprint density at radius 2 is 1.79 bits per heavy atom. The fraction of sp³-hybridized carbons (Fsp3) is 0.500. The van der Waals surface area contributed by atoms with Crippen molar-refractivity contribution < 1.29 is 23.0 Å². The monoisotopic (exact) mass is 272 g/mol. The van der Waals surface area contributed by atoms with Gasteiger partial charge in [-0.25, -0.2) is 0 Å². The van der Waals surface area contributed by atoms with Gasteiger partial charge in [0.05, 0.1) is 12.5 Å². The molecule has 0 aromatic heterocycles. The van der Waals surface area contributed by atoms with Crippen molar-refractivity contribution in [3.05, 3.63) is 29.8 Å². The second-order valence-corrected chi connectivity index (χ2v) is 4.42. The largest absolute Gasteiger partial charge is 0.466 e. The second-order valence-electron chi connectivity index (χ2n) is 4.42. The van der Waals surface area contributed by atoms with Crippen molar-refractivity contribution in [3.63, 3.8) is 0 Å². The molecule has 19 heavy (non-hydrogen) atoms. The number of alkyl halides is 2. The van der Waals surface area contributed by atoms with Crippen LogP contribution in [-0.4, -0.2) is 19.2 Å². The number of esters is 1. The molecule has 0 N–H and O–H groups in total. The number of ether oxygens (including phenoxy) is 2. The molecule has 3 nitrogen and oxygen atoms in total. The highest BCUT2D eigenvalue weighted by Crippen LogP contribution is 2.27. The molecule has 1 unspecified atom stereocenters. The minimum absolute atomic E-state index is 0.0564. The summed E-state index contributed by atoms with van der Waals surface area (Å²) >= 11 is 0. The Kier molecular flexibility index (Phi) is 5.73. The van der Waals surface area contributed by atoms with E-state index in [4.69, 9.17) is 4.74 Å². The van der Waals surface area contributed by atoms with Crippen molar-refractivity contribution in [1.29, 1.82) is 0 Å². The summed E-state index contributed by atoms with van der Waals surface area (Å²) in [5.41, 5.74) is 0.732. The van der Waals surface area contributed by atoms with Gasteiger partial charge in [-0.15, -0.1) is 0 Å². The van der Waals surface area contributed by atoms with E-state index in [2.05, 4.69) is 4.74 Å². The molecule has 0 amide bonds. The third-order valence-electron chi connectivity index (χ3n) is 2.67.